The lowest BCUT2D eigenvalue weighted by Crippen LogP contribution is -2.36. The van der Waals surface area contributed by atoms with Gasteiger partial charge in [-0.3, -0.25) is 9.59 Å². The van der Waals surface area contributed by atoms with Crippen LogP contribution in [-0.4, -0.2) is 24.5 Å². The minimum absolute atomic E-state index is 0.0472. The van der Waals surface area contributed by atoms with Crippen LogP contribution in [0, 0.1) is 0 Å². The maximum atomic E-state index is 12.3. The van der Waals surface area contributed by atoms with E-state index in [0.717, 1.165) is 18.4 Å². The summed E-state index contributed by atoms with van der Waals surface area (Å²) in [6, 6.07) is 16.9. The summed E-state index contributed by atoms with van der Waals surface area (Å²) in [5.41, 5.74) is 1.65. The number of ether oxygens (including phenoxy) is 1. The van der Waals surface area contributed by atoms with Gasteiger partial charge in [0.25, 0.3) is 11.8 Å². The van der Waals surface area contributed by atoms with Gasteiger partial charge in [0.2, 0.25) is 0 Å². The summed E-state index contributed by atoms with van der Waals surface area (Å²) in [5.74, 6) is 0.339. The van der Waals surface area contributed by atoms with E-state index >= 15 is 0 Å². The number of rotatable bonds is 7. The molecule has 5 nitrogen and oxygen atoms in total. The number of amides is 2. The van der Waals surface area contributed by atoms with Crippen molar-refractivity contribution in [1.82, 2.24) is 10.6 Å². The Morgan fingerprint density at radius 2 is 1.63 bits per heavy atom. The van der Waals surface area contributed by atoms with Gasteiger partial charge in [-0.1, -0.05) is 49.6 Å². The number of hydrogen-bond acceptors (Lipinski definition) is 3. The van der Waals surface area contributed by atoms with Crippen LogP contribution in [0.1, 0.15) is 48.0 Å². The second kappa shape index (κ2) is 9.76. The fraction of sp³-hybridized carbons (Fsp3) is 0.364. The predicted octanol–water partition coefficient (Wildman–Crippen LogP) is 3.44. The fourth-order valence-corrected chi connectivity index (χ4v) is 3.21. The van der Waals surface area contributed by atoms with Crippen molar-refractivity contribution >= 4 is 11.8 Å². The molecule has 0 aliphatic heterocycles. The number of carbonyl (C=O) groups is 2. The van der Waals surface area contributed by atoms with Crippen molar-refractivity contribution in [2.24, 2.45) is 0 Å². The van der Waals surface area contributed by atoms with E-state index < -0.39 is 0 Å². The Kier molecular flexibility index (Phi) is 6.85. The molecule has 2 aromatic carbocycles. The van der Waals surface area contributed by atoms with Gasteiger partial charge in [-0.25, -0.2) is 0 Å². The molecule has 0 unspecified atom stereocenters. The molecule has 0 radical (unpaired) electrons. The van der Waals surface area contributed by atoms with E-state index in [1.54, 1.807) is 24.3 Å². The Morgan fingerprint density at radius 1 is 0.926 bits per heavy atom. The van der Waals surface area contributed by atoms with Crippen molar-refractivity contribution in [3.63, 3.8) is 0 Å². The highest BCUT2D eigenvalue weighted by molar-refractivity contribution is 5.94. The molecule has 0 spiro atoms. The van der Waals surface area contributed by atoms with Gasteiger partial charge >= 0.3 is 0 Å². The lowest BCUT2D eigenvalue weighted by Gasteiger charge is -2.22. The standard InChI is InChI=1S/C22H26N2O3/c25-21(23-15-17-7-3-1-4-8-17)16-27-20-13-11-18(12-14-20)22(26)24-19-9-5-2-6-10-19/h1,3-4,7-8,11-14,19H,2,5-6,9-10,15-16H2,(H,23,25)(H,24,26). The van der Waals surface area contributed by atoms with Crippen LogP contribution in [0.2, 0.25) is 0 Å². The zero-order chi connectivity index (χ0) is 18.9. The smallest absolute Gasteiger partial charge is 0.258 e. The lowest BCUT2D eigenvalue weighted by molar-refractivity contribution is -0.123. The van der Waals surface area contributed by atoms with Crippen molar-refractivity contribution in [1.29, 1.82) is 0 Å². The maximum Gasteiger partial charge on any atom is 0.258 e. The number of carbonyl (C=O) groups excluding carboxylic acids is 2. The monoisotopic (exact) mass is 366 g/mol. The molecule has 1 fully saturated rings. The zero-order valence-electron chi connectivity index (χ0n) is 15.4. The van der Waals surface area contributed by atoms with Gasteiger partial charge in [-0.2, -0.15) is 0 Å². The van der Waals surface area contributed by atoms with Crippen molar-refractivity contribution in [3.8, 4) is 5.75 Å². The molecule has 0 aromatic heterocycles. The molecule has 2 aromatic rings. The van der Waals surface area contributed by atoms with Gasteiger partial charge in [-0.15, -0.1) is 0 Å². The van der Waals surface area contributed by atoms with E-state index in [0.29, 0.717) is 17.9 Å². The molecule has 0 saturated heterocycles. The van der Waals surface area contributed by atoms with Gasteiger partial charge in [0, 0.05) is 18.2 Å². The number of benzene rings is 2. The van der Waals surface area contributed by atoms with Crippen LogP contribution in [0.25, 0.3) is 0 Å². The second-order valence-corrected chi connectivity index (χ2v) is 6.88. The lowest BCUT2D eigenvalue weighted by atomic mass is 9.95. The van der Waals surface area contributed by atoms with Gasteiger partial charge in [0.05, 0.1) is 0 Å². The van der Waals surface area contributed by atoms with Crippen LogP contribution in [0.5, 0.6) is 5.75 Å². The number of hydrogen-bond donors (Lipinski definition) is 2. The normalized spacial score (nSPS) is 14.4. The molecule has 0 bridgehead atoms. The van der Waals surface area contributed by atoms with Gasteiger partial charge in [-0.05, 0) is 42.7 Å². The topological polar surface area (TPSA) is 67.4 Å². The van der Waals surface area contributed by atoms with E-state index in [1.165, 1.54) is 19.3 Å². The van der Waals surface area contributed by atoms with Crippen molar-refractivity contribution in [2.75, 3.05) is 6.61 Å². The van der Waals surface area contributed by atoms with E-state index in [9.17, 15) is 9.59 Å². The zero-order valence-corrected chi connectivity index (χ0v) is 15.4. The molecule has 1 aliphatic carbocycles. The first-order valence-corrected chi connectivity index (χ1v) is 9.55. The fourth-order valence-electron chi connectivity index (χ4n) is 3.21. The molecule has 3 rings (SSSR count). The third kappa shape index (κ3) is 6.13. The first kappa shape index (κ1) is 19.0. The summed E-state index contributed by atoms with van der Waals surface area (Å²) in [5, 5.41) is 5.91. The van der Waals surface area contributed by atoms with Crippen molar-refractivity contribution in [2.45, 2.75) is 44.7 Å². The number of nitrogens with one attached hydrogen (secondary N) is 2. The minimum atomic E-state index is -0.182. The SMILES string of the molecule is O=C(COc1ccc(C(=O)NC2CCCCC2)cc1)NCc1ccccc1. The maximum absolute atomic E-state index is 12.3. The van der Waals surface area contributed by atoms with Crippen LogP contribution in [0.15, 0.2) is 54.6 Å². The second-order valence-electron chi connectivity index (χ2n) is 6.88. The van der Waals surface area contributed by atoms with Gasteiger partial charge in [0.1, 0.15) is 5.75 Å². The molecular weight excluding hydrogens is 340 g/mol. The summed E-state index contributed by atoms with van der Waals surface area (Å²) in [7, 11) is 0. The van der Waals surface area contributed by atoms with Crippen LogP contribution in [0.3, 0.4) is 0 Å². The highest BCUT2D eigenvalue weighted by atomic mass is 16.5. The third-order valence-electron chi connectivity index (χ3n) is 4.76. The van der Waals surface area contributed by atoms with Crippen LogP contribution in [0.4, 0.5) is 0 Å². The first-order chi connectivity index (χ1) is 13.2. The van der Waals surface area contributed by atoms with E-state index in [2.05, 4.69) is 10.6 Å². The average molecular weight is 366 g/mol. The molecule has 0 heterocycles. The molecule has 0 atom stereocenters. The summed E-state index contributed by atoms with van der Waals surface area (Å²) < 4.78 is 5.50. The largest absolute Gasteiger partial charge is 0.484 e. The third-order valence-corrected chi connectivity index (χ3v) is 4.76. The Hall–Kier alpha value is -2.82. The van der Waals surface area contributed by atoms with Crippen LogP contribution >= 0.6 is 0 Å². The molecule has 2 N–H and O–H groups in total. The summed E-state index contributed by atoms with van der Waals surface area (Å²) in [6.45, 7) is 0.420. The molecule has 2 amide bonds. The Labute approximate surface area is 160 Å². The van der Waals surface area contributed by atoms with Crippen LogP contribution < -0.4 is 15.4 Å². The molecular formula is C22H26N2O3. The molecule has 142 valence electrons. The summed E-state index contributed by atoms with van der Waals surface area (Å²) >= 11 is 0. The Bertz CT molecular complexity index is 738. The van der Waals surface area contributed by atoms with Crippen LogP contribution in [-0.2, 0) is 11.3 Å². The molecule has 1 saturated carbocycles. The first-order valence-electron chi connectivity index (χ1n) is 9.55. The molecule has 1 aliphatic rings. The van der Waals surface area contributed by atoms with Gasteiger partial charge in [0.15, 0.2) is 6.61 Å². The highest BCUT2D eigenvalue weighted by Gasteiger charge is 2.16. The van der Waals surface area contributed by atoms with Gasteiger partial charge < -0.3 is 15.4 Å². The highest BCUT2D eigenvalue weighted by Crippen LogP contribution is 2.18. The summed E-state index contributed by atoms with van der Waals surface area (Å²) in [4.78, 5) is 24.2. The predicted molar refractivity (Wildman–Crippen MR) is 105 cm³/mol. The summed E-state index contributed by atoms with van der Waals surface area (Å²) in [6.07, 6.45) is 5.75. The minimum Gasteiger partial charge on any atom is -0.484 e. The Balaban J connectivity index is 1.41. The van der Waals surface area contributed by atoms with E-state index in [4.69, 9.17) is 4.74 Å². The van der Waals surface area contributed by atoms with Crippen molar-refractivity contribution < 1.29 is 14.3 Å². The van der Waals surface area contributed by atoms with E-state index in [1.807, 2.05) is 30.3 Å². The molecule has 27 heavy (non-hydrogen) atoms. The average Bonchev–Trinajstić information content (AvgIpc) is 2.72. The van der Waals surface area contributed by atoms with Crippen molar-refractivity contribution in [3.05, 3.63) is 65.7 Å². The quantitative estimate of drug-likeness (QED) is 0.789. The Morgan fingerprint density at radius 3 is 2.33 bits per heavy atom. The van der Waals surface area contributed by atoms with E-state index in [-0.39, 0.29) is 24.5 Å². The molecule has 5 heteroatoms.